The lowest BCUT2D eigenvalue weighted by Gasteiger charge is -2.36. The van der Waals surface area contributed by atoms with Gasteiger partial charge in [0, 0.05) is 22.8 Å². The lowest BCUT2D eigenvalue weighted by Crippen LogP contribution is -2.40. The van der Waals surface area contributed by atoms with Gasteiger partial charge in [0.15, 0.2) is 0 Å². The molecule has 1 aromatic carbocycles. The van der Waals surface area contributed by atoms with Crippen LogP contribution in [0.5, 0.6) is 0 Å². The minimum Gasteiger partial charge on any atom is -0.381 e. The molecule has 0 atom stereocenters. The van der Waals surface area contributed by atoms with Crippen LogP contribution in [-0.4, -0.2) is 18.8 Å². The van der Waals surface area contributed by atoms with E-state index in [4.69, 9.17) is 4.74 Å². The molecule has 4 heteroatoms. The van der Waals surface area contributed by atoms with Crippen LogP contribution in [0.2, 0.25) is 0 Å². The predicted molar refractivity (Wildman–Crippen MR) is 66.2 cm³/mol. The van der Waals surface area contributed by atoms with Crippen molar-refractivity contribution in [3.8, 4) is 0 Å². The van der Waals surface area contributed by atoms with Gasteiger partial charge in [-0.1, -0.05) is 0 Å². The molecule has 0 radical (unpaired) electrons. The number of halogens is 2. The fraction of sp³-hybridized carbons (Fsp3) is 0.500. The van der Waals surface area contributed by atoms with Crippen LogP contribution in [0.3, 0.4) is 0 Å². The Labute approximate surface area is 103 Å². The van der Waals surface area contributed by atoms with Crippen molar-refractivity contribution in [1.29, 1.82) is 0 Å². The Kier molecular flexibility index (Phi) is 3.82. The Morgan fingerprint density at radius 1 is 1.50 bits per heavy atom. The molecule has 1 aliphatic rings. The van der Waals surface area contributed by atoms with Crippen LogP contribution in [0.4, 0.5) is 10.1 Å². The number of hydrogen-bond acceptors (Lipinski definition) is 2. The Morgan fingerprint density at radius 2 is 2.25 bits per heavy atom. The summed E-state index contributed by atoms with van der Waals surface area (Å²) in [6.07, 6.45) is 2.44. The van der Waals surface area contributed by atoms with Gasteiger partial charge in [-0.05, 0) is 53.9 Å². The van der Waals surface area contributed by atoms with Gasteiger partial charge in [0.2, 0.25) is 0 Å². The predicted octanol–water partition coefficient (Wildman–Crippen LogP) is 3.57. The number of benzene rings is 1. The molecule has 2 nitrogen and oxygen atoms in total. The molecule has 0 heterocycles. The van der Waals surface area contributed by atoms with Crippen molar-refractivity contribution in [1.82, 2.24) is 0 Å². The summed E-state index contributed by atoms with van der Waals surface area (Å²) in [5.41, 5.74) is 0.946. The highest BCUT2D eigenvalue weighted by Gasteiger charge is 2.29. The van der Waals surface area contributed by atoms with Crippen molar-refractivity contribution in [2.45, 2.75) is 31.9 Å². The largest absolute Gasteiger partial charge is 0.381 e. The third kappa shape index (κ3) is 2.74. The average molecular weight is 288 g/mol. The van der Waals surface area contributed by atoms with Crippen molar-refractivity contribution >= 4 is 21.6 Å². The molecule has 1 N–H and O–H groups in total. The van der Waals surface area contributed by atoms with Gasteiger partial charge in [-0.2, -0.15) is 0 Å². The van der Waals surface area contributed by atoms with E-state index in [0.29, 0.717) is 12.1 Å². The molecule has 1 aromatic rings. The average Bonchev–Trinajstić information content (AvgIpc) is 2.18. The van der Waals surface area contributed by atoms with Crippen molar-refractivity contribution in [2.75, 3.05) is 11.9 Å². The molecule has 0 aliphatic heterocycles. The van der Waals surface area contributed by atoms with E-state index in [-0.39, 0.29) is 5.82 Å². The van der Waals surface area contributed by atoms with Gasteiger partial charge in [0.25, 0.3) is 0 Å². The van der Waals surface area contributed by atoms with E-state index in [1.54, 1.807) is 6.07 Å². The number of hydrogen-bond donors (Lipinski definition) is 1. The number of rotatable bonds is 4. The summed E-state index contributed by atoms with van der Waals surface area (Å²) in [5.74, 6) is -0.224. The van der Waals surface area contributed by atoms with Crippen LogP contribution in [0.25, 0.3) is 0 Å². The molecule has 0 spiro atoms. The fourth-order valence-corrected chi connectivity index (χ4v) is 2.35. The number of anilines is 1. The van der Waals surface area contributed by atoms with Crippen LogP contribution < -0.4 is 5.32 Å². The maximum Gasteiger partial charge on any atom is 0.124 e. The molecular formula is C12H15BrFNO. The summed E-state index contributed by atoms with van der Waals surface area (Å²) < 4.78 is 19.1. The highest BCUT2D eigenvalue weighted by molar-refractivity contribution is 9.10. The highest BCUT2D eigenvalue weighted by Crippen LogP contribution is 2.30. The number of nitrogens with one attached hydrogen (secondary N) is 1. The van der Waals surface area contributed by atoms with Crippen molar-refractivity contribution < 1.29 is 9.13 Å². The first-order chi connectivity index (χ1) is 7.69. The van der Waals surface area contributed by atoms with E-state index < -0.39 is 0 Å². The van der Waals surface area contributed by atoms with Gasteiger partial charge in [-0.15, -0.1) is 0 Å². The van der Waals surface area contributed by atoms with Crippen LogP contribution in [-0.2, 0) is 4.74 Å². The highest BCUT2D eigenvalue weighted by atomic mass is 79.9. The summed E-state index contributed by atoms with van der Waals surface area (Å²) in [6, 6.07) is 5.14. The normalized spacial score (nSPS) is 23.9. The maximum atomic E-state index is 12.9. The Bertz CT molecular complexity index is 366. The zero-order valence-corrected chi connectivity index (χ0v) is 10.8. The molecule has 0 aromatic heterocycles. The molecule has 0 unspecified atom stereocenters. The SMILES string of the molecule is CCOC1CC(Nc2ccc(F)cc2Br)C1. The van der Waals surface area contributed by atoms with E-state index >= 15 is 0 Å². The first-order valence-corrected chi connectivity index (χ1v) is 6.31. The summed E-state index contributed by atoms with van der Waals surface area (Å²) in [4.78, 5) is 0. The smallest absolute Gasteiger partial charge is 0.124 e. The van der Waals surface area contributed by atoms with Crippen LogP contribution in [0.1, 0.15) is 19.8 Å². The van der Waals surface area contributed by atoms with Crippen molar-refractivity contribution in [3.63, 3.8) is 0 Å². The van der Waals surface area contributed by atoms with Gasteiger partial charge in [0.05, 0.1) is 6.10 Å². The van der Waals surface area contributed by atoms with Crippen LogP contribution in [0.15, 0.2) is 22.7 Å². The summed E-state index contributed by atoms with van der Waals surface area (Å²) in [5, 5.41) is 3.37. The van der Waals surface area contributed by atoms with E-state index in [1.807, 2.05) is 6.92 Å². The van der Waals surface area contributed by atoms with E-state index in [1.165, 1.54) is 12.1 Å². The second kappa shape index (κ2) is 5.15. The Morgan fingerprint density at radius 3 is 2.88 bits per heavy atom. The van der Waals surface area contributed by atoms with Gasteiger partial charge in [0.1, 0.15) is 5.82 Å². The minimum absolute atomic E-state index is 0.224. The van der Waals surface area contributed by atoms with Gasteiger partial charge in [-0.25, -0.2) is 4.39 Å². The lowest BCUT2D eigenvalue weighted by atomic mass is 9.89. The second-order valence-corrected chi connectivity index (χ2v) is 4.87. The molecule has 1 fully saturated rings. The number of ether oxygens (including phenoxy) is 1. The van der Waals surface area contributed by atoms with Gasteiger partial charge in [-0.3, -0.25) is 0 Å². The molecule has 1 aliphatic carbocycles. The second-order valence-electron chi connectivity index (χ2n) is 4.01. The van der Waals surface area contributed by atoms with Crippen LogP contribution >= 0.6 is 15.9 Å². The summed E-state index contributed by atoms with van der Waals surface area (Å²) in [6.45, 7) is 2.79. The topological polar surface area (TPSA) is 21.3 Å². The third-order valence-electron chi connectivity index (χ3n) is 2.79. The van der Waals surface area contributed by atoms with E-state index in [0.717, 1.165) is 29.6 Å². The molecule has 0 bridgehead atoms. The molecule has 1 saturated carbocycles. The van der Waals surface area contributed by atoms with Crippen LogP contribution in [0, 0.1) is 5.82 Å². The fourth-order valence-electron chi connectivity index (χ4n) is 1.88. The molecule has 0 amide bonds. The molecule has 2 rings (SSSR count). The lowest BCUT2D eigenvalue weighted by molar-refractivity contribution is 0.00298. The monoisotopic (exact) mass is 287 g/mol. The first-order valence-electron chi connectivity index (χ1n) is 5.52. The minimum atomic E-state index is -0.224. The Balaban J connectivity index is 1.87. The molecule has 16 heavy (non-hydrogen) atoms. The zero-order chi connectivity index (χ0) is 11.5. The summed E-state index contributed by atoms with van der Waals surface area (Å²) in [7, 11) is 0. The van der Waals surface area contributed by atoms with Gasteiger partial charge >= 0.3 is 0 Å². The first kappa shape index (κ1) is 11.9. The Hall–Kier alpha value is -0.610. The standard InChI is InChI=1S/C12H15BrFNO/c1-2-16-10-6-9(7-10)15-12-4-3-8(14)5-11(12)13/h3-5,9-10,15H,2,6-7H2,1H3. The van der Waals surface area contributed by atoms with Crippen molar-refractivity contribution in [3.05, 3.63) is 28.5 Å². The zero-order valence-electron chi connectivity index (χ0n) is 9.17. The van der Waals surface area contributed by atoms with Crippen molar-refractivity contribution in [2.24, 2.45) is 0 Å². The van der Waals surface area contributed by atoms with E-state index in [9.17, 15) is 4.39 Å². The maximum absolute atomic E-state index is 12.9. The molecular weight excluding hydrogens is 273 g/mol. The summed E-state index contributed by atoms with van der Waals surface area (Å²) >= 11 is 3.34. The molecule has 0 saturated heterocycles. The van der Waals surface area contributed by atoms with E-state index in [2.05, 4.69) is 21.2 Å². The van der Waals surface area contributed by atoms with Gasteiger partial charge < -0.3 is 10.1 Å². The molecule has 88 valence electrons. The third-order valence-corrected chi connectivity index (χ3v) is 3.44. The quantitative estimate of drug-likeness (QED) is 0.914.